The van der Waals surface area contributed by atoms with Crippen LogP contribution in [0.25, 0.3) is 0 Å². The molecule has 0 fully saturated rings. The minimum absolute atomic E-state index is 0.00484. The van der Waals surface area contributed by atoms with Crippen LogP contribution in [0.2, 0.25) is 5.04 Å². The van der Waals surface area contributed by atoms with Crippen LogP contribution in [-0.2, 0) is 9.22 Å². The van der Waals surface area contributed by atoms with Crippen molar-refractivity contribution < 1.29 is 9.22 Å². The van der Waals surface area contributed by atoms with Crippen molar-refractivity contribution in [1.82, 2.24) is 0 Å². The van der Waals surface area contributed by atoms with Gasteiger partial charge in [-0.2, -0.15) is 0 Å². The van der Waals surface area contributed by atoms with Crippen LogP contribution >= 0.6 is 0 Å². The van der Waals surface area contributed by atoms with Crippen molar-refractivity contribution in [1.29, 1.82) is 0 Å². The maximum Gasteiger partial charge on any atom is 0.261 e. The topological polar surface area (TPSA) is 26.3 Å². The SMILES string of the molecule is CC1CC(=O)CCC=C1CCO[Si](c1ccccc1)(c1ccccc1)C(C)(C)C. The van der Waals surface area contributed by atoms with Gasteiger partial charge < -0.3 is 4.43 Å². The number of hydrogen-bond acceptors (Lipinski definition) is 2. The van der Waals surface area contributed by atoms with E-state index < -0.39 is 8.32 Å². The molecule has 3 rings (SSSR count). The van der Waals surface area contributed by atoms with Crippen molar-refractivity contribution in [2.24, 2.45) is 5.92 Å². The van der Waals surface area contributed by atoms with Gasteiger partial charge in [-0.05, 0) is 34.2 Å². The monoisotopic (exact) mass is 406 g/mol. The predicted octanol–water partition coefficient (Wildman–Crippen LogP) is 5.27. The van der Waals surface area contributed by atoms with Gasteiger partial charge >= 0.3 is 0 Å². The molecule has 0 saturated heterocycles. The minimum atomic E-state index is -2.48. The van der Waals surface area contributed by atoms with Crippen LogP contribution in [0.4, 0.5) is 0 Å². The zero-order valence-electron chi connectivity index (χ0n) is 18.3. The van der Waals surface area contributed by atoms with E-state index >= 15 is 0 Å². The van der Waals surface area contributed by atoms with Gasteiger partial charge in [-0.15, -0.1) is 0 Å². The van der Waals surface area contributed by atoms with Crippen LogP contribution in [-0.4, -0.2) is 20.7 Å². The quantitative estimate of drug-likeness (QED) is 0.483. The van der Waals surface area contributed by atoms with Crippen LogP contribution in [0, 0.1) is 5.92 Å². The van der Waals surface area contributed by atoms with Gasteiger partial charge in [0.2, 0.25) is 0 Å². The number of carbonyl (C=O) groups is 1. The van der Waals surface area contributed by atoms with E-state index in [0.717, 1.165) is 12.8 Å². The van der Waals surface area contributed by atoms with Gasteiger partial charge in [0, 0.05) is 19.4 Å². The second-order valence-electron chi connectivity index (χ2n) is 9.22. The third-order valence-electron chi connectivity index (χ3n) is 6.12. The molecule has 0 spiro atoms. The number of allylic oxidation sites excluding steroid dienone is 1. The lowest BCUT2D eigenvalue weighted by Gasteiger charge is -2.43. The molecule has 1 aliphatic rings. The largest absolute Gasteiger partial charge is 0.407 e. The summed E-state index contributed by atoms with van der Waals surface area (Å²) in [4.78, 5) is 11.9. The molecule has 1 unspecified atom stereocenters. The average Bonchev–Trinajstić information content (AvgIpc) is 2.85. The molecular weight excluding hydrogens is 372 g/mol. The van der Waals surface area contributed by atoms with Crippen molar-refractivity contribution in [2.75, 3.05) is 6.61 Å². The zero-order chi connectivity index (χ0) is 20.9. The van der Waals surface area contributed by atoms with E-state index in [0.29, 0.717) is 31.1 Å². The van der Waals surface area contributed by atoms with Crippen molar-refractivity contribution in [3.63, 3.8) is 0 Å². The fraction of sp³-hybridized carbons (Fsp3) is 0.423. The fourth-order valence-corrected chi connectivity index (χ4v) is 9.19. The van der Waals surface area contributed by atoms with E-state index in [2.05, 4.69) is 94.4 Å². The van der Waals surface area contributed by atoms with Gasteiger partial charge in [-0.1, -0.05) is 100 Å². The fourth-order valence-electron chi connectivity index (χ4n) is 4.63. The van der Waals surface area contributed by atoms with E-state index in [1.807, 2.05) is 0 Å². The second-order valence-corrected chi connectivity index (χ2v) is 13.5. The number of benzene rings is 2. The summed E-state index contributed by atoms with van der Waals surface area (Å²) in [6.45, 7) is 9.80. The van der Waals surface area contributed by atoms with Gasteiger partial charge in [-0.25, -0.2) is 0 Å². The Balaban J connectivity index is 1.92. The average molecular weight is 407 g/mol. The molecule has 0 radical (unpaired) electrons. The summed E-state index contributed by atoms with van der Waals surface area (Å²) in [6, 6.07) is 21.6. The van der Waals surface area contributed by atoms with Crippen LogP contribution in [0.5, 0.6) is 0 Å². The molecule has 3 heteroatoms. The van der Waals surface area contributed by atoms with Crippen LogP contribution in [0.1, 0.15) is 53.4 Å². The maximum atomic E-state index is 11.9. The first-order valence-corrected chi connectivity index (χ1v) is 12.7. The van der Waals surface area contributed by atoms with Crippen LogP contribution in [0.15, 0.2) is 72.3 Å². The summed E-state index contributed by atoms with van der Waals surface area (Å²) in [5.74, 6) is 0.712. The van der Waals surface area contributed by atoms with Crippen molar-refractivity contribution in [3.05, 3.63) is 72.3 Å². The highest BCUT2D eigenvalue weighted by Gasteiger charge is 2.50. The van der Waals surface area contributed by atoms with Crippen molar-refractivity contribution in [3.8, 4) is 0 Å². The van der Waals surface area contributed by atoms with Gasteiger partial charge in [0.25, 0.3) is 8.32 Å². The van der Waals surface area contributed by atoms with E-state index in [9.17, 15) is 4.79 Å². The number of carbonyl (C=O) groups excluding carboxylic acids is 1. The molecule has 154 valence electrons. The predicted molar refractivity (Wildman–Crippen MR) is 124 cm³/mol. The molecule has 2 nitrogen and oxygen atoms in total. The molecule has 0 N–H and O–H groups in total. The maximum absolute atomic E-state index is 11.9. The smallest absolute Gasteiger partial charge is 0.261 e. The Hall–Kier alpha value is -1.97. The lowest BCUT2D eigenvalue weighted by atomic mass is 9.95. The van der Waals surface area contributed by atoms with E-state index in [1.54, 1.807) is 0 Å². The summed E-state index contributed by atoms with van der Waals surface area (Å²) >= 11 is 0. The summed E-state index contributed by atoms with van der Waals surface area (Å²) in [6.07, 6.45) is 5.41. The summed E-state index contributed by atoms with van der Waals surface area (Å²) in [5, 5.41) is 2.63. The Bertz CT molecular complexity index is 795. The third-order valence-corrected chi connectivity index (χ3v) is 11.2. The summed E-state index contributed by atoms with van der Waals surface area (Å²) in [7, 11) is -2.48. The Morgan fingerprint density at radius 3 is 2.03 bits per heavy atom. The Morgan fingerprint density at radius 1 is 0.966 bits per heavy atom. The standard InChI is InChI=1S/C26H34O2Si/c1-21-20-23(27)13-11-12-22(21)18-19-28-29(26(2,3)4,24-14-7-5-8-15-24)25-16-9-6-10-17-25/h5-10,12,14-17,21H,11,13,18-20H2,1-4H3. The molecule has 1 aliphatic carbocycles. The lowest BCUT2D eigenvalue weighted by Crippen LogP contribution is -2.66. The van der Waals surface area contributed by atoms with Gasteiger partial charge in [0.15, 0.2) is 0 Å². The molecule has 2 aromatic carbocycles. The summed E-state index contributed by atoms with van der Waals surface area (Å²) in [5.41, 5.74) is 1.38. The molecular formula is C26H34O2Si. The minimum Gasteiger partial charge on any atom is -0.407 e. The number of Topliss-reactive ketones (excluding diaryl/α,β-unsaturated/α-hetero) is 1. The first kappa shape index (κ1) is 21.7. The molecule has 29 heavy (non-hydrogen) atoms. The van der Waals surface area contributed by atoms with Crippen molar-refractivity contribution >= 4 is 24.5 Å². The van der Waals surface area contributed by atoms with E-state index in [1.165, 1.54) is 15.9 Å². The van der Waals surface area contributed by atoms with Gasteiger partial charge in [-0.3, -0.25) is 4.79 Å². The van der Waals surface area contributed by atoms with Gasteiger partial charge in [0.1, 0.15) is 5.78 Å². The van der Waals surface area contributed by atoms with Gasteiger partial charge in [0.05, 0.1) is 0 Å². The molecule has 1 atom stereocenters. The Kier molecular flexibility index (Phi) is 6.92. The highest BCUT2D eigenvalue weighted by Crippen LogP contribution is 2.37. The third kappa shape index (κ3) is 4.79. The van der Waals surface area contributed by atoms with Crippen LogP contribution < -0.4 is 10.4 Å². The molecule has 0 heterocycles. The first-order chi connectivity index (χ1) is 13.8. The number of hydrogen-bond donors (Lipinski definition) is 0. The Labute approximate surface area is 177 Å². The molecule has 2 aromatic rings. The zero-order valence-corrected chi connectivity index (χ0v) is 19.3. The van der Waals surface area contributed by atoms with E-state index in [-0.39, 0.29) is 5.04 Å². The van der Waals surface area contributed by atoms with Crippen LogP contribution in [0.3, 0.4) is 0 Å². The lowest BCUT2D eigenvalue weighted by molar-refractivity contribution is -0.119. The molecule has 0 amide bonds. The molecule has 0 aliphatic heterocycles. The highest BCUT2D eigenvalue weighted by atomic mass is 28.4. The second kappa shape index (κ2) is 9.23. The first-order valence-electron chi connectivity index (χ1n) is 10.8. The Morgan fingerprint density at radius 2 is 1.52 bits per heavy atom. The number of rotatable bonds is 6. The summed E-state index contributed by atoms with van der Waals surface area (Å²) < 4.78 is 7.00. The molecule has 0 aromatic heterocycles. The normalized spacial score (nSPS) is 18.3. The number of ketones is 1. The highest BCUT2D eigenvalue weighted by molar-refractivity contribution is 6.99. The molecule has 0 bridgehead atoms. The van der Waals surface area contributed by atoms with Crippen molar-refractivity contribution in [2.45, 2.75) is 58.4 Å². The van der Waals surface area contributed by atoms with E-state index in [4.69, 9.17) is 4.43 Å². The molecule has 0 saturated carbocycles.